The largest absolute Gasteiger partial charge is 0.382 e. The fraction of sp³-hybridized carbons (Fsp3) is 0.348. The van der Waals surface area contributed by atoms with Gasteiger partial charge in [0.25, 0.3) is 0 Å². The number of nitrogens with zero attached hydrogens (tertiary/aromatic N) is 4. The minimum atomic E-state index is 0.135. The molecule has 2 aliphatic heterocycles. The van der Waals surface area contributed by atoms with Crippen LogP contribution in [0.1, 0.15) is 13.3 Å². The molecule has 0 spiro atoms. The Kier molecular flexibility index (Phi) is 4.65. The van der Waals surface area contributed by atoms with E-state index in [1.165, 1.54) is 5.69 Å². The van der Waals surface area contributed by atoms with E-state index >= 15 is 0 Å². The van der Waals surface area contributed by atoms with Crippen LogP contribution in [0.2, 0.25) is 0 Å². The van der Waals surface area contributed by atoms with Crippen LogP contribution in [-0.2, 0) is 4.79 Å². The molecule has 0 radical (unpaired) electrons. The van der Waals surface area contributed by atoms with Crippen molar-refractivity contribution in [2.45, 2.75) is 19.4 Å². The van der Waals surface area contributed by atoms with Crippen LogP contribution >= 0.6 is 0 Å². The minimum Gasteiger partial charge on any atom is -0.382 e. The van der Waals surface area contributed by atoms with Crippen LogP contribution in [0.4, 0.5) is 17.1 Å². The molecule has 30 heavy (non-hydrogen) atoms. The van der Waals surface area contributed by atoms with E-state index in [1.54, 1.807) is 19.3 Å². The molecular weight excluding hydrogens is 376 g/mol. The number of likely N-dealkylation sites (N-methyl/N-ethyl adjacent to an activating group) is 1. The molecule has 3 heterocycles. The zero-order valence-corrected chi connectivity index (χ0v) is 17.4. The SMILES string of the molecule is CC(=O)N1CC[C@H](Nc2cc(-c3ccc4c(c3)N(C)CCN4)c3nccnc3c2)C1. The second-order valence-corrected chi connectivity index (χ2v) is 8.12. The molecule has 3 aromatic rings. The Hall–Kier alpha value is -3.35. The Bertz CT molecular complexity index is 1110. The van der Waals surface area contributed by atoms with Crippen LogP contribution in [0, 0.1) is 0 Å². The van der Waals surface area contributed by atoms with Crippen LogP contribution in [0.25, 0.3) is 22.2 Å². The number of carbonyl (C=O) groups excluding carboxylic acids is 1. The third-order valence-electron chi connectivity index (χ3n) is 6.06. The number of likely N-dealkylation sites (tertiary alicyclic amines) is 1. The van der Waals surface area contributed by atoms with Crippen molar-refractivity contribution in [2.75, 3.05) is 48.8 Å². The first kappa shape index (κ1) is 18.7. The van der Waals surface area contributed by atoms with E-state index in [4.69, 9.17) is 0 Å². The maximum absolute atomic E-state index is 11.7. The molecular formula is C23H26N6O. The van der Waals surface area contributed by atoms with Gasteiger partial charge < -0.3 is 20.4 Å². The average molecular weight is 403 g/mol. The number of hydrogen-bond acceptors (Lipinski definition) is 6. The van der Waals surface area contributed by atoms with Crippen LogP contribution in [0.5, 0.6) is 0 Å². The van der Waals surface area contributed by atoms with E-state index in [9.17, 15) is 4.79 Å². The predicted molar refractivity (Wildman–Crippen MR) is 121 cm³/mol. The van der Waals surface area contributed by atoms with Crippen LogP contribution in [0.15, 0.2) is 42.7 Å². The van der Waals surface area contributed by atoms with Crippen molar-refractivity contribution in [3.05, 3.63) is 42.7 Å². The normalized spacial score (nSPS) is 18.3. The van der Waals surface area contributed by atoms with Gasteiger partial charge in [-0.05, 0) is 36.2 Å². The number of amides is 1. The highest BCUT2D eigenvalue weighted by atomic mass is 16.2. The minimum absolute atomic E-state index is 0.135. The van der Waals surface area contributed by atoms with Crippen molar-refractivity contribution in [2.24, 2.45) is 0 Å². The van der Waals surface area contributed by atoms with E-state index in [0.717, 1.165) is 66.1 Å². The Morgan fingerprint density at radius 1 is 1.17 bits per heavy atom. The standard InChI is InChI=1S/C23H26N6O/c1-15(30)29-9-5-17(14-29)27-18-12-19(23-21(13-18)24-6-7-26-23)16-3-4-20-22(11-16)28(2)10-8-25-20/h3-4,6-7,11-13,17,25,27H,5,8-10,14H2,1-2H3/t17-/m0/s1. The van der Waals surface area contributed by atoms with Crippen LogP contribution in [-0.4, -0.2) is 60.0 Å². The molecule has 1 fully saturated rings. The number of rotatable bonds is 3. The van der Waals surface area contributed by atoms with Gasteiger partial charge in [0.15, 0.2) is 0 Å². The summed E-state index contributed by atoms with van der Waals surface area (Å²) < 4.78 is 0. The van der Waals surface area contributed by atoms with Crippen molar-refractivity contribution in [1.29, 1.82) is 0 Å². The summed E-state index contributed by atoms with van der Waals surface area (Å²) in [6.45, 7) is 5.10. The third-order valence-corrected chi connectivity index (χ3v) is 6.06. The van der Waals surface area contributed by atoms with E-state index in [2.05, 4.69) is 56.8 Å². The maximum Gasteiger partial charge on any atom is 0.219 e. The molecule has 1 atom stereocenters. The molecule has 2 aliphatic rings. The third kappa shape index (κ3) is 3.40. The van der Waals surface area contributed by atoms with Gasteiger partial charge in [0, 0.05) is 69.8 Å². The summed E-state index contributed by atoms with van der Waals surface area (Å²) in [7, 11) is 2.13. The van der Waals surface area contributed by atoms with Gasteiger partial charge in [-0.3, -0.25) is 14.8 Å². The number of carbonyl (C=O) groups is 1. The molecule has 1 saturated heterocycles. The number of benzene rings is 2. The van der Waals surface area contributed by atoms with Crippen molar-refractivity contribution < 1.29 is 4.79 Å². The van der Waals surface area contributed by atoms with Crippen molar-refractivity contribution in [3.63, 3.8) is 0 Å². The Morgan fingerprint density at radius 2 is 2.03 bits per heavy atom. The smallest absolute Gasteiger partial charge is 0.219 e. The van der Waals surface area contributed by atoms with E-state index in [0.29, 0.717) is 0 Å². The Morgan fingerprint density at radius 3 is 2.87 bits per heavy atom. The summed E-state index contributed by atoms with van der Waals surface area (Å²) in [5.41, 5.74) is 7.31. The number of anilines is 3. The monoisotopic (exact) mass is 402 g/mol. The summed E-state index contributed by atoms with van der Waals surface area (Å²) in [5, 5.41) is 7.08. The summed E-state index contributed by atoms with van der Waals surface area (Å²) in [6.07, 6.45) is 4.42. The van der Waals surface area contributed by atoms with Crippen molar-refractivity contribution in [3.8, 4) is 11.1 Å². The van der Waals surface area contributed by atoms with Gasteiger partial charge in [0.2, 0.25) is 5.91 Å². The number of fused-ring (bicyclic) bond motifs is 2. The fourth-order valence-electron chi connectivity index (χ4n) is 4.42. The van der Waals surface area contributed by atoms with Gasteiger partial charge in [-0.15, -0.1) is 0 Å². The molecule has 2 N–H and O–H groups in total. The highest BCUT2D eigenvalue weighted by Gasteiger charge is 2.24. The highest BCUT2D eigenvalue weighted by molar-refractivity contribution is 5.96. The fourth-order valence-corrected chi connectivity index (χ4v) is 4.42. The zero-order valence-electron chi connectivity index (χ0n) is 17.4. The zero-order chi connectivity index (χ0) is 20.7. The molecule has 0 unspecified atom stereocenters. The molecule has 7 heteroatoms. The summed E-state index contributed by atoms with van der Waals surface area (Å²) >= 11 is 0. The Balaban J connectivity index is 1.53. The molecule has 7 nitrogen and oxygen atoms in total. The molecule has 154 valence electrons. The van der Waals surface area contributed by atoms with Crippen LogP contribution < -0.4 is 15.5 Å². The second kappa shape index (κ2) is 7.48. The molecule has 1 amide bonds. The highest BCUT2D eigenvalue weighted by Crippen LogP contribution is 2.36. The molecule has 5 rings (SSSR count). The predicted octanol–water partition coefficient (Wildman–Crippen LogP) is 3.19. The van der Waals surface area contributed by atoms with Gasteiger partial charge in [-0.25, -0.2) is 0 Å². The molecule has 0 bridgehead atoms. The lowest BCUT2D eigenvalue weighted by atomic mass is 10.00. The molecule has 2 aromatic carbocycles. The molecule has 0 saturated carbocycles. The average Bonchev–Trinajstić information content (AvgIpc) is 3.22. The van der Waals surface area contributed by atoms with E-state index < -0.39 is 0 Å². The van der Waals surface area contributed by atoms with Gasteiger partial charge >= 0.3 is 0 Å². The van der Waals surface area contributed by atoms with Crippen molar-refractivity contribution >= 4 is 34.0 Å². The first-order chi connectivity index (χ1) is 14.6. The first-order valence-corrected chi connectivity index (χ1v) is 10.4. The summed E-state index contributed by atoms with van der Waals surface area (Å²) in [4.78, 5) is 25.0. The molecule has 1 aromatic heterocycles. The summed E-state index contributed by atoms with van der Waals surface area (Å²) in [6, 6.07) is 11.0. The number of aromatic nitrogens is 2. The molecule has 0 aliphatic carbocycles. The number of nitrogens with one attached hydrogen (secondary N) is 2. The lowest BCUT2D eigenvalue weighted by Crippen LogP contribution is -2.30. The number of hydrogen-bond donors (Lipinski definition) is 2. The van der Waals surface area contributed by atoms with Gasteiger partial charge in [-0.2, -0.15) is 0 Å². The van der Waals surface area contributed by atoms with Gasteiger partial charge in [-0.1, -0.05) is 6.07 Å². The quantitative estimate of drug-likeness (QED) is 0.701. The Labute approximate surface area is 176 Å². The second-order valence-electron chi connectivity index (χ2n) is 8.12. The van der Waals surface area contributed by atoms with E-state index in [-0.39, 0.29) is 11.9 Å². The van der Waals surface area contributed by atoms with Gasteiger partial charge in [0.1, 0.15) is 0 Å². The van der Waals surface area contributed by atoms with Crippen molar-refractivity contribution in [1.82, 2.24) is 14.9 Å². The maximum atomic E-state index is 11.7. The van der Waals surface area contributed by atoms with E-state index in [1.807, 2.05) is 11.0 Å². The lowest BCUT2D eigenvalue weighted by molar-refractivity contribution is -0.127. The van der Waals surface area contributed by atoms with Crippen LogP contribution in [0.3, 0.4) is 0 Å². The first-order valence-electron chi connectivity index (χ1n) is 10.4. The van der Waals surface area contributed by atoms with Gasteiger partial charge in [0.05, 0.1) is 22.4 Å². The lowest BCUT2D eigenvalue weighted by Gasteiger charge is -2.29. The summed E-state index contributed by atoms with van der Waals surface area (Å²) in [5.74, 6) is 0.135. The topological polar surface area (TPSA) is 73.4 Å².